The predicted octanol–water partition coefficient (Wildman–Crippen LogP) is 1.55. The van der Waals surface area contributed by atoms with Gasteiger partial charge in [0.25, 0.3) is 0 Å². The fourth-order valence-corrected chi connectivity index (χ4v) is 2.99. The molecule has 20 heavy (non-hydrogen) atoms. The zero-order chi connectivity index (χ0) is 14.4. The van der Waals surface area contributed by atoms with Gasteiger partial charge >= 0.3 is 0 Å². The summed E-state index contributed by atoms with van der Waals surface area (Å²) in [5.74, 6) is 1.30. The van der Waals surface area contributed by atoms with Crippen molar-refractivity contribution >= 4 is 15.7 Å². The van der Waals surface area contributed by atoms with Crippen LogP contribution in [0.2, 0.25) is 0 Å². The molecule has 0 radical (unpaired) electrons. The Bertz CT molecular complexity index is 545. The Morgan fingerprint density at radius 2 is 2.00 bits per heavy atom. The summed E-state index contributed by atoms with van der Waals surface area (Å²) < 4.78 is 36.8. The number of benzene rings is 1. The predicted molar refractivity (Wildman–Crippen MR) is 77.8 cm³/mol. The second kappa shape index (κ2) is 6.81. The first-order valence-corrected chi connectivity index (χ1v) is 8.37. The first-order valence-electron chi connectivity index (χ1n) is 6.71. The summed E-state index contributed by atoms with van der Waals surface area (Å²) in [7, 11) is -3.33. The first-order chi connectivity index (χ1) is 9.61. The molecular formula is C13H20N2O4S. The highest BCUT2D eigenvalue weighted by Gasteiger charge is 2.16. The van der Waals surface area contributed by atoms with Crippen LogP contribution in [-0.2, 0) is 10.0 Å². The van der Waals surface area contributed by atoms with Crippen LogP contribution in [0.15, 0.2) is 18.2 Å². The number of fused-ring (bicyclic) bond motifs is 1. The fraction of sp³-hybridized carbons (Fsp3) is 0.538. The molecule has 6 nitrogen and oxygen atoms in total. The number of hydrogen-bond donors (Lipinski definition) is 2. The minimum absolute atomic E-state index is 0.0954. The molecule has 1 aliphatic rings. The number of nitrogens with one attached hydrogen (secondary N) is 2. The summed E-state index contributed by atoms with van der Waals surface area (Å²) in [4.78, 5) is 0. The molecular weight excluding hydrogens is 280 g/mol. The van der Waals surface area contributed by atoms with Crippen LogP contribution in [0, 0.1) is 0 Å². The van der Waals surface area contributed by atoms with E-state index in [9.17, 15) is 8.42 Å². The van der Waals surface area contributed by atoms with Crippen molar-refractivity contribution in [1.29, 1.82) is 0 Å². The summed E-state index contributed by atoms with van der Waals surface area (Å²) in [5.41, 5.74) is 0.496. The van der Waals surface area contributed by atoms with Gasteiger partial charge in [0.1, 0.15) is 0 Å². The fourth-order valence-electron chi connectivity index (χ4n) is 1.88. The molecule has 0 aromatic heterocycles. The Morgan fingerprint density at radius 3 is 2.80 bits per heavy atom. The van der Waals surface area contributed by atoms with Gasteiger partial charge in [-0.1, -0.05) is 6.92 Å². The van der Waals surface area contributed by atoms with Crippen molar-refractivity contribution in [1.82, 2.24) is 5.32 Å². The van der Waals surface area contributed by atoms with Crippen molar-refractivity contribution in [3.63, 3.8) is 0 Å². The molecule has 0 fully saturated rings. The molecule has 0 unspecified atom stereocenters. The zero-order valence-corrected chi connectivity index (χ0v) is 12.3. The molecule has 2 N–H and O–H groups in total. The van der Waals surface area contributed by atoms with Gasteiger partial charge in [-0.3, -0.25) is 4.72 Å². The van der Waals surface area contributed by atoms with Gasteiger partial charge in [-0.25, -0.2) is 8.42 Å². The molecule has 112 valence electrons. The van der Waals surface area contributed by atoms with E-state index in [1.807, 2.05) is 0 Å². The summed E-state index contributed by atoms with van der Waals surface area (Å²) >= 11 is 0. The van der Waals surface area contributed by atoms with Crippen molar-refractivity contribution in [3.05, 3.63) is 18.2 Å². The molecule has 0 saturated heterocycles. The van der Waals surface area contributed by atoms with Crippen molar-refractivity contribution < 1.29 is 17.9 Å². The van der Waals surface area contributed by atoms with Crippen molar-refractivity contribution in [2.75, 3.05) is 30.4 Å². The summed E-state index contributed by atoms with van der Waals surface area (Å²) in [6.45, 7) is 3.87. The lowest BCUT2D eigenvalue weighted by Gasteiger charge is -2.09. The summed E-state index contributed by atoms with van der Waals surface area (Å²) in [6.07, 6.45) is 1.63. The van der Waals surface area contributed by atoms with Crippen molar-refractivity contribution in [2.24, 2.45) is 0 Å². The van der Waals surface area contributed by atoms with Gasteiger partial charge < -0.3 is 14.8 Å². The van der Waals surface area contributed by atoms with Gasteiger partial charge in [-0.05, 0) is 38.1 Å². The van der Waals surface area contributed by atoms with Crippen LogP contribution in [0.5, 0.6) is 11.5 Å². The maximum absolute atomic E-state index is 11.9. The highest BCUT2D eigenvalue weighted by atomic mass is 32.2. The Kier molecular flexibility index (Phi) is 5.08. The van der Waals surface area contributed by atoms with Gasteiger partial charge in [0.05, 0.1) is 11.4 Å². The average Bonchev–Trinajstić information content (AvgIpc) is 2.85. The van der Waals surface area contributed by atoms with Crippen LogP contribution >= 0.6 is 0 Å². The van der Waals surface area contributed by atoms with E-state index in [1.54, 1.807) is 18.2 Å². The van der Waals surface area contributed by atoms with E-state index in [-0.39, 0.29) is 12.5 Å². The SMILES string of the molecule is CCCNCCCS(=O)(=O)Nc1ccc2c(c1)OCO2. The second-order valence-electron chi connectivity index (χ2n) is 4.59. The van der Waals surface area contributed by atoms with Crippen LogP contribution in [0.4, 0.5) is 5.69 Å². The van der Waals surface area contributed by atoms with Crippen molar-refractivity contribution in [2.45, 2.75) is 19.8 Å². The Morgan fingerprint density at radius 1 is 1.20 bits per heavy atom. The quantitative estimate of drug-likeness (QED) is 0.712. The smallest absolute Gasteiger partial charge is 0.232 e. The highest BCUT2D eigenvalue weighted by molar-refractivity contribution is 7.92. The van der Waals surface area contributed by atoms with E-state index < -0.39 is 10.0 Å². The van der Waals surface area contributed by atoms with E-state index in [1.165, 1.54) is 0 Å². The maximum atomic E-state index is 11.9. The van der Waals surface area contributed by atoms with Gasteiger partial charge in [0.2, 0.25) is 16.8 Å². The molecule has 1 aromatic rings. The highest BCUT2D eigenvalue weighted by Crippen LogP contribution is 2.34. The van der Waals surface area contributed by atoms with Crippen LogP contribution in [0.1, 0.15) is 19.8 Å². The van der Waals surface area contributed by atoms with E-state index in [0.29, 0.717) is 30.2 Å². The van der Waals surface area contributed by atoms with E-state index in [2.05, 4.69) is 17.0 Å². The molecule has 1 aliphatic heterocycles. The number of anilines is 1. The summed E-state index contributed by atoms with van der Waals surface area (Å²) in [5, 5.41) is 3.18. The normalized spacial score (nSPS) is 13.4. The Hall–Kier alpha value is -1.47. The zero-order valence-electron chi connectivity index (χ0n) is 11.5. The van der Waals surface area contributed by atoms with Crippen LogP contribution in [0.25, 0.3) is 0 Å². The number of hydrogen-bond acceptors (Lipinski definition) is 5. The molecule has 1 heterocycles. The lowest BCUT2D eigenvalue weighted by atomic mass is 10.3. The van der Waals surface area contributed by atoms with Gasteiger partial charge in [0, 0.05) is 6.07 Å². The lowest BCUT2D eigenvalue weighted by molar-refractivity contribution is 0.174. The molecule has 0 saturated carbocycles. The van der Waals surface area contributed by atoms with E-state index in [4.69, 9.17) is 9.47 Å². The molecule has 7 heteroatoms. The lowest BCUT2D eigenvalue weighted by Crippen LogP contribution is -2.22. The molecule has 0 aliphatic carbocycles. The standard InChI is InChI=1S/C13H20N2O4S/c1-2-6-14-7-3-8-20(16,17)15-11-4-5-12-13(9-11)19-10-18-12/h4-5,9,14-15H,2-3,6-8,10H2,1H3. The van der Waals surface area contributed by atoms with Crippen LogP contribution < -0.4 is 19.5 Å². The third kappa shape index (κ3) is 4.28. The third-order valence-electron chi connectivity index (χ3n) is 2.84. The molecule has 0 amide bonds. The monoisotopic (exact) mass is 300 g/mol. The van der Waals surface area contributed by atoms with Crippen LogP contribution in [0.3, 0.4) is 0 Å². The maximum Gasteiger partial charge on any atom is 0.232 e. The minimum Gasteiger partial charge on any atom is -0.454 e. The molecule has 1 aromatic carbocycles. The Labute approximate surface area is 119 Å². The molecule has 0 spiro atoms. The van der Waals surface area contributed by atoms with Gasteiger partial charge in [0.15, 0.2) is 11.5 Å². The third-order valence-corrected chi connectivity index (χ3v) is 4.21. The number of ether oxygens (including phenoxy) is 2. The summed E-state index contributed by atoms with van der Waals surface area (Å²) in [6, 6.07) is 5.00. The van der Waals surface area contributed by atoms with Crippen LogP contribution in [-0.4, -0.2) is 34.1 Å². The second-order valence-corrected chi connectivity index (χ2v) is 6.43. The molecule has 0 atom stereocenters. The molecule has 2 rings (SSSR count). The number of rotatable bonds is 8. The largest absolute Gasteiger partial charge is 0.454 e. The van der Waals surface area contributed by atoms with E-state index in [0.717, 1.165) is 13.0 Å². The average molecular weight is 300 g/mol. The topological polar surface area (TPSA) is 76.7 Å². The van der Waals surface area contributed by atoms with Gasteiger partial charge in [-0.2, -0.15) is 0 Å². The van der Waals surface area contributed by atoms with Gasteiger partial charge in [-0.15, -0.1) is 0 Å². The minimum atomic E-state index is -3.33. The number of sulfonamides is 1. The first kappa shape index (κ1) is 14.9. The Balaban J connectivity index is 1.85. The van der Waals surface area contributed by atoms with Crippen molar-refractivity contribution in [3.8, 4) is 11.5 Å². The van der Waals surface area contributed by atoms with E-state index >= 15 is 0 Å². The molecule has 0 bridgehead atoms.